The molecule has 29 heavy (non-hydrogen) atoms. The molecule has 0 radical (unpaired) electrons. The van der Waals surface area contributed by atoms with Crippen LogP contribution in [0.2, 0.25) is 0 Å². The molecule has 166 valence electrons. The SMILES string of the molecule is NC(=O)c1nc[n+]([C@@H]2O[C@H](COP(=O)(O)OP(=O)(O)OP(=O)(O)O)[C@@H](O)[C@H]2O)[nH]1. The molecule has 21 heteroatoms. The summed E-state index contributed by atoms with van der Waals surface area (Å²) in [4.78, 5) is 49.9. The summed E-state index contributed by atoms with van der Waals surface area (Å²) in [5, 5.41) is 22.3. The summed E-state index contributed by atoms with van der Waals surface area (Å²) < 4.78 is 51.0. The van der Waals surface area contributed by atoms with Crippen molar-refractivity contribution < 1.29 is 70.8 Å². The highest BCUT2D eigenvalue weighted by atomic mass is 31.3. The van der Waals surface area contributed by atoms with Crippen LogP contribution in [0.15, 0.2) is 6.33 Å². The highest BCUT2D eigenvalue weighted by Gasteiger charge is 2.49. The van der Waals surface area contributed by atoms with E-state index in [1.54, 1.807) is 0 Å². The van der Waals surface area contributed by atoms with Crippen LogP contribution >= 0.6 is 23.5 Å². The minimum Gasteiger partial charge on any atom is -0.387 e. The Morgan fingerprint density at radius 2 is 1.79 bits per heavy atom. The van der Waals surface area contributed by atoms with Gasteiger partial charge in [0.15, 0.2) is 6.10 Å². The average Bonchev–Trinajstić information content (AvgIpc) is 3.09. The molecule has 0 aliphatic carbocycles. The molecule has 1 amide bonds. The number of amides is 1. The van der Waals surface area contributed by atoms with Crippen molar-refractivity contribution in [2.75, 3.05) is 6.61 Å². The number of hydrogen-bond donors (Lipinski definition) is 8. The zero-order valence-electron chi connectivity index (χ0n) is 13.9. The van der Waals surface area contributed by atoms with Crippen LogP contribution in [0, 0.1) is 0 Å². The van der Waals surface area contributed by atoms with Gasteiger partial charge in [-0.3, -0.25) is 9.32 Å². The first-order valence-electron chi connectivity index (χ1n) is 7.16. The van der Waals surface area contributed by atoms with Crippen molar-refractivity contribution in [1.82, 2.24) is 10.1 Å². The number of phosphoric ester groups is 1. The van der Waals surface area contributed by atoms with Crippen molar-refractivity contribution in [3.8, 4) is 0 Å². The van der Waals surface area contributed by atoms with Gasteiger partial charge in [0.05, 0.1) is 6.61 Å². The fourth-order valence-electron chi connectivity index (χ4n) is 2.12. The Hall–Kier alpha value is -1.10. The van der Waals surface area contributed by atoms with Gasteiger partial charge in [-0.25, -0.2) is 13.7 Å². The molecule has 1 saturated heterocycles. The third-order valence-electron chi connectivity index (χ3n) is 3.21. The summed E-state index contributed by atoms with van der Waals surface area (Å²) >= 11 is 0. The number of hydrogen-bond acceptors (Lipinski definition) is 11. The number of aromatic amines is 1. The van der Waals surface area contributed by atoms with E-state index >= 15 is 0 Å². The standard InChI is InChI=1S/C8H15N4O14P3/c9-6(15)7-10-2-12(11-7)8-5(14)4(13)3(24-8)1-23-28(19,20)26-29(21,22)25-27(16,17)18/h2-5,8,13-14H,1H2,(H6,9,15,16,17,18,19,20,21,22)/p+1/t3-,4-,5-,8-/m1/s1. The number of phosphoric acid groups is 3. The summed E-state index contributed by atoms with van der Waals surface area (Å²) in [6.07, 6.45) is -5.20. The minimum absolute atomic E-state index is 0.299. The number of H-pyrrole nitrogens is 1. The molecule has 1 fully saturated rings. The maximum absolute atomic E-state index is 11.7. The van der Waals surface area contributed by atoms with Crippen molar-refractivity contribution in [2.24, 2.45) is 5.73 Å². The molecular weight excluding hydrogens is 469 g/mol. The number of carbonyl (C=O) groups excluding carboxylic acids is 1. The Balaban J connectivity index is 2.01. The summed E-state index contributed by atoms with van der Waals surface area (Å²) in [5.41, 5.74) is 5.01. The third-order valence-corrected chi connectivity index (χ3v) is 7.01. The molecule has 18 nitrogen and oxygen atoms in total. The number of aliphatic hydroxyl groups is 2. The molecule has 2 unspecified atom stereocenters. The van der Waals surface area contributed by atoms with Gasteiger partial charge in [-0.1, -0.05) is 0 Å². The van der Waals surface area contributed by atoms with Crippen LogP contribution in [-0.4, -0.2) is 70.7 Å². The lowest BCUT2D eigenvalue weighted by atomic mass is 10.1. The predicted molar refractivity (Wildman–Crippen MR) is 83.0 cm³/mol. The molecule has 0 saturated carbocycles. The molecular formula is C8H16N4O14P3+. The monoisotopic (exact) mass is 485 g/mol. The van der Waals surface area contributed by atoms with Crippen LogP contribution < -0.4 is 10.4 Å². The molecule has 2 heterocycles. The zero-order chi connectivity index (χ0) is 22.2. The van der Waals surface area contributed by atoms with Gasteiger partial charge in [0.25, 0.3) is 6.23 Å². The van der Waals surface area contributed by atoms with E-state index in [-0.39, 0.29) is 5.82 Å². The highest BCUT2D eigenvalue weighted by molar-refractivity contribution is 7.66. The van der Waals surface area contributed by atoms with Crippen LogP contribution in [0.1, 0.15) is 16.8 Å². The normalized spacial score (nSPS) is 29.3. The number of nitrogens with one attached hydrogen (secondary N) is 1. The van der Waals surface area contributed by atoms with Crippen molar-refractivity contribution >= 4 is 29.4 Å². The van der Waals surface area contributed by atoms with E-state index in [0.29, 0.717) is 0 Å². The van der Waals surface area contributed by atoms with Gasteiger partial charge >= 0.3 is 41.5 Å². The average molecular weight is 485 g/mol. The van der Waals surface area contributed by atoms with Gasteiger partial charge in [-0.15, -0.1) is 4.68 Å². The second-order valence-corrected chi connectivity index (χ2v) is 9.83. The lowest BCUT2D eigenvalue weighted by molar-refractivity contribution is -0.812. The van der Waals surface area contributed by atoms with Crippen molar-refractivity contribution in [1.29, 1.82) is 0 Å². The lowest BCUT2D eigenvalue weighted by Crippen LogP contribution is -2.47. The maximum Gasteiger partial charge on any atom is 0.490 e. The molecule has 9 N–H and O–H groups in total. The Morgan fingerprint density at radius 1 is 1.17 bits per heavy atom. The van der Waals surface area contributed by atoms with E-state index in [9.17, 15) is 33.6 Å². The van der Waals surface area contributed by atoms with Gasteiger partial charge < -0.3 is 40.3 Å². The van der Waals surface area contributed by atoms with Crippen LogP contribution in [0.3, 0.4) is 0 Å². The number of rotatable bonds is 9. The fourth-order valence-corrected chi connectivity index (χ4v) is 5.15. The van der Waals surface area contributed by atoms with E-state index in [2.05, 4.69) is 23.2 Å². The number of nitrogens with zero attached hydrogens (tertiary/aromatic N) is 2. The molecule has 0 bridgehead atoms. The van der Waals surface area contributed by atoms with Gasteiger partial charge in [0, 0.05) is 0 Å². The topological polar surface area (TPSA) is 285 Å². The van der Waals surface area contributed by atoms with Crippen molar-refractivity contribution in [3.63, 3.8) is 0 Å². The molecule has 0 spiro atoms. The summed E-state index contributed by atoms with van der Waals surface area (Å²) in [6, 6.07) is 0. The molecule has 1 aromatic rings. The second-order valence-electron chi connectivity index (χ2n) is 5.41. The minimum atomic E-state index is -5.71. The number of nitrogens with two attached hydrogens (primary N) is 1. The predicted octanol–water partition coefficient (Wildman–Crippen LogP) is -3.24. The van der Waals surface area contributed by atoms with Gasteiger partial charge in [-0.2, -0.15) is 13.7 Å². The Bertz CT molecular complexity index is 899. The van der Waals surface area contributed by atoms with Crippen molar-refractivity contribution in [2.45, 2.75) is 24.5 Å². The molecule has 1 aliphatic rings. The summed E-state index contributed by atoms with van der Waals surface area (Å²) in [6.45, 7) is -0.990. The maximum atomic E-state index is 11.7. The Labute approximate surface area is 160 Å². The Morgan fingerprint density at radius 3 is 2.31 bits per heavy atom. The van der Waals surface area contributed by atoms with E-state index in [1.165, 1.54) is 0 Å². The van der Waals surface area contributed by atoms with Gasteiger partial charge in [0.2, 0.25) is 0 Å². The number of carbonyl (C=O) groups is 1. The number of aromatic nitrogens is 3. The zero-order valence-corrected chi connectivity index (χ0v) is 16.5. The quantitative estimate of drug-likeness (QED) is 0.126. The van der Waals surface area contributed by atoms with Crippen LogP contribution in [-0.2, 0) is 31.6 Å². The van der Waals surface area contributed by atoms with E-state index in [4.69, 9.17) is 25.2 Å². The highest BCUT2D eigenvalue weighted by Crippen LogP contribution is 2.66. The molecule has 6 atom stereocenters. The first-order chi connectivity index (χ1) is 13.1. The van der Waals surface area contributed by atoms with E-state index in [0.717, 1.165) is 11.0 Å². The molecule has 0 aromatic carbocycles. The van der Waals surface area contributed by atoms with Gasteiger partial charge in [-0.05, 0) is 4.98 Å². The number of primary amides is 1. The number of ether oxygens (including phenoxy) is 1. The molecule has 1 aromatic heterocycles. The largest absolute Gasteiger partial charge is 0.490 e. The summed E-state index contributed by atoms with van der Waals surface area (Å²) in [5.74, 6) is -1.23. The number of aliphatic hydroxyl groups excluding tert-OH is 2. The first kappa shape index (κ1) is 24.2. The van der Waals surface area contributed by atoms with Gasteiger partial charge in [0.1, 0.15) is 12.2 Å². The smallest absolute Gasteiger partial charge is 0.387 e. The molecule has 2 rings (SSSR count). The fraction of sp³-hybridized carbons (Fsp3) is 0.625. The van der Waals surface area contributed by atoms with E-state index < -0.39 is 60.5 Å². The Kier molecular flexibility index (Phi) is 7.14. The van der Waals surface area contributed by atoms with Crippen LogP contribution in [0.5, 0.6) is 0 Å². The van der Waals surface area contributed by atoms with Crippen molar-refractivity contribution in [3.05, 3.63) is 12.2 Å². The summed E-state index contributed by atoms with van der Waals surface area (Å²) in [7, 11) is -16.7. The van der Waals surface area contributed by atoms with E-state index in [1.807, 2.05) is 0 Å². The van der Waals surface area contributed by atoms with Crippen LogP contribution in [0.4, 0.5) is 0 Å². The third kappa shape index (κ3) is 6.70. The molecule has 1 aliphatic heterocycles. The second kappa shape index (κ2) is 8.56. The first-order valence-corrected chi connectivity index (χ1v) is 11.7. The van der Waals surface area contributed by atoms with Crippen LogP contribution in [0.25, 0.3) is 0 Å². The lowest BCUT2D eigenvalue weighted by Gasteiger charge is -2.18.